The molecule has 4 nitrogen and oxygen atoms in total. The van der Waals surface area contributed by atoms with Crippen LogP contribution in [0.4, 0.5) is 5.69 Å². The summed E-state index contributed by atoms with van der Waals surface area (Å²) < 4.78 is 2.25. The Morgan fingerprint density at radius 2 is 1.83 bits per heavy atom. The van der Waals surface area contributed by atoms with Crippen LogP contribution < -0.4 is 10.9 Å². The highest BCUT2D eigenvalue weighted by Crippen LogP contribution is 2.25. The molecule has 0 saturated heterocycles. The van der Waals surface area contributed by atoms with Gasteiger partial charge in [-0.05, 0) is 46.6 Å². The third kappa shape index (κ3) is 2.92. The Hall–Kier alpha value is -2.40. The number of rotatable bonds is 2. The van der Waals surface area contributed by atoms with Gasteiger partial charge in [0.15, 0.2) is 0 Å². The molecule has 1 N–H and O–H groups in total. The van der Waals surface area contributed by atoms with Crippen molar-refractivity contribution in [1.82, 2.24) is 4.57 Å². The lowest BCUT2D eigenvalue weighted by Gasteiger charge is -2.11. The van der Waals surface area contributed by atoms with E-state index in [9.17, 15) is 9.59 Å². The summed E-state index contributed by atoms with van der Waals surface area (Å²) in [7, 11) is 1.65. The fourth-order valence-corrected chi connectivity index (χ4v) is 3.10. The number of pyridine rings is 1. The maximum atomic E-state index is 12.7. The zero-order valence-electron chi connectivity index (χ0n) is 12.8. The summed E-state index contributed by atoms with van der Waals surface area (Å²) >= 11 is 3.45. The Labute approximate surface area is 141 Å². The van der Waals surface area contributed by atoms with Crippen LogP contribution in [-0.4, -0.2) is 10.5 Å². The first-order chi connectivity index (χ1) is 11.0. The standard InChI is InChI=1S/C18H15BrN2O2/c1-11-7-8-16(15(19)9-11)20-17(22)14-10-21(2)18(23)13-6-4-3-5-12(13)14/h3-10H,1-2H3,(H,20,22). The smallest absolute Gasteiger partial charge is 0.258 e. The molecule has 3 aromatic rings. The largest absolute Gasteiger partial charge is 0.321 e. The molecule has 0 unspecified atom stereocenters. The number of halogens is 1. The molecule has 0 fully saturated rings. The lowest BCUT2D eigenvalue weighted by molar-refractivity contribution is 0.102. The minimum Gasteiger partial charge on any atom is -0.321 e. The molecule has 1 heterocycles. The van der Waals surface area contributed by atoms with Gasteiger partial charge in [0.1, 0.15) is 0 Å². The van der Waals surface area contributed by atoms with E-state index in [0.717, 1.165) is 10.0 Å². The van der Waals surface area contributed by atoms with Gasteiger partial charge in [0.2, 0.25) is 0 Å². The number of benzene rings is 2. The third-order valence-corrected chi connectivity index (χ3v) is 4.36. The molecule has 0 spiro atoms. The molecule has 0 saturated carbocycles. The first-order valence-electron chi connectivity index (χ1n) is 7.13. The molecule has 5 heteroatoms. The quantitative estimate of drug-likeness (QED) is 0.744. The van der Waals surface area contributed by atoms with Gasteiger partial charge < -0.3 is 9.88 Å². The van der Waals surface area contributed by atoms with Gasteiger partial charge in [0.05, 0.1) is 11.3 Å². The average molecular weight is 371 g/mol. The van der Waals surface area contributed by atoms with Gasteiger partial charge in [0.25, 0.3) is 11.5 Å². The maximum absolute atomic E-state index is 12.7. The van der Waals surface area contributed by atoms with Crippen molar-refractivity contribution in [3.63, 3.8) is 0 Å². The highest BCUT2D eigenvalue weighted by atomic mass is 79.9. The lowest BCUT2D eigenvalue weighted by atomic mass is 10.1. The topological polar surface area (TPSA) is 51.1 Å². The predicted molar refractivity (Wildman–Crippen MR) is 96.0 cm³/mol. The van der Waals surface area contributed by atoms with Crippen molar-refractivity contribution in [1.29, 1.82) is 0 Å². The fraction of sp³-hybridized carbons (Fsp3) is 0.111. The minimum absolute atomic E-state index is 0.117. The van der Waals surface area contributed by atoms with Gasteiger partial charge in [-0.15, -0.1) is 0 Å². The van der Waals surface area contributed by atoms with Gasteiger partial charge in [0, 0.05) is 28.5 Å². The highest BCUT2D eigenvalue weighted by molar-refractivity contribution is 9.10. The molecule has 3 rings (SSSR count). The zero-order valence-corrected chi connectivity index (χ0v) is 14.3. The van der Waals surface area contributed by atoms with Crippen molar-refractivity contribution < 1.29 is 4.79 Å². The number of carbonyl (C=O) groups is 1. The number of aromatic nitrogens is 1. The molecular weight excluding hydrogens is 356 g/mol. The van der Waals surface area contributed by atoms with Crippen LogP contribution >= 0.6 is 15.9 Å². The normalized spacial score (nSPS) is 10.7. The molecule has 0 bridgehead atoms. The molecule has 2 aromatic carbocycles. The number of hydrogen-bond donors (Lipinski definition) is 1. The van der Waals surface area contributed by atoms with E-state index in [0.29, 0.717) is 22.0 Å². The summed E-state index contributed by atoms with van der Waals surface area (Å²) in [5.74, 6) is -0.249. The Bertz CT molecular complexity index is 976. The Kier molecular flexibility index (Phi) is 4.05. The third-order valence-electron chi connectivity index (χ3n) is 3.71. The number of anilines is 1. The van der Waals surface area contributed by atoms with Crippen LogP contribution in [0.5, 0.6) is 0 Å². The van der Waals surface area contributed by atoms with E-state index in [1.54, 1.807) is 31.4 Å². The van der Waals surface area contributed by atoms with Gasteiger partial charge >= 0.3 is 0 Å². The van der Waals surface area contributed by atoms with Crippen LogP contribution in [0.1, 0.15) is 15.9 Å². The van der Waals surface area contributed by atoms with E-state index >= 15 is 0 Å². The van der Waals surface area contributed by atoms with Crippen molar-refractivity contribution in [2.45, 2.75) is 6.92 Å². The van der Waals surface area contributed by atoms with Crippen LogP contribution in [0.3, 0.4) is 0 Å². The highest BCUT2D eigenvalue weighted by Gasteiger charge is 2.14. The lowest BCUT2D eigenvalue weighted by Crippen LogP contribution is -2.21. The van der Waals surface area contributed by atoms with Crippen LogP contribution in [0, 0.1) is 6.92 Å². The molecule has 0 atom stereocenters. The van der Waals surface area contributed by atoms with E-state index in [4.69, 9.17) is 0 Å². The van der Waals surface area contributed by atoms with Gasteiger partial charge in [-0.2, -0.15) is 0 Å². The first-order valence-corrected chi connectivity index (χ1v) is 7.92. The van der Waals surface area contributed by atoms with Crippen LogP contribution in [-0.2, 0) is 7.05 Å². The number of amides is 1. The number of fused-ring (bicyclic) bond motifs is 1. The molecule has 0 aliphatic heterocycles. The van der Waals surface area contributed by atoms with Gasteiger partial charge in [-0.3, -0.25) is 9.59 Å². The summed E-state index contributed by atoms with van der Waals surface area (Å²) in [4.78, 5) is 24.9. The Morgan fingerprint density at radius 3 is 2.52 bits per heavy atom. The number of nitrogens with zero attached hydrogens (tertiary/aromatic N) is 1. The second-order valence-electron chi connectivity index (χ2n) is 5.44. The van der Waals surface area contributed by atoms with Crippen LogP contribution in [0.25, 0.3) is 10.8 Å². The first kappa shape index (κ1) is 15.5. The molecule has 0 aliphatic carbocycles. The number of carbonyl (C=O) groups excluding carboxylic acids is 1. The number of hydrogen-bond acceptors (Lipinski definition) is 2. The second-order valence-corrected chi connectivity index (χ2v) is 6.30. The van der Waals surface area contributed by atoms with Crippen molar-refractivity contribution in [2.24, 2.45) is 7.05 Å². The van der Waals surface area contributed by atoms with Gasteiger partial charge in [-0.25, -0.2) is 0 Å². The van der Waals surface area contributed by atoms with E-state index < -0.39 is 0 Å². The predicted octanol–water partition coefficient (Wildman–Crippen LogP) is 3.86. The van der Waals surface area contributed by atoms with Crippen molar-refractivity contribution in [3.05, 3.63) is 74.6 Å². The van der Waals surface area contributed by atoms with Crippen molar-refractivity contribution in [3.8, 4) is 0 Å². The number of nitrogens with one attached hydrogen (secondary N) is 1. The summed E-state index contributed by atoms with van der Waals surface area (Å²) in [5, 5.41) is 4.07. The average Bonchev–Trinajstić information content (AvgIpc) is 2.53. The SMILES string of the molecule is Cc1ccc(NC(=O)c2cn(C)c(=O)c3ccccc23)c(Br)c1. The number of aryl methyl sites for hydroxylation is 2. The Balaban J connectivity index is 2.08. The molecule has 0 radical (unpaired) electrons. The summed E-state index contributed by atoms with van der Waals surface area (Å²) in [5.41, 5.74) is 2.14. The monoisotopic (exact) mass is 370 g/mol. The molecule has 0 aliphatic rings. The molecular formula is C18H15BrN2O2. The zero-order chi connectivity index (χ0) is 16.6. The second kappa shape index (κ2) is 6.01. The summed E-state index contributed by atoms with van der Waals surface area (Å²) in [6, 6.07) is 12.9. The van der Waals surface area contributed by atoms with Gasteiger partial charge in [-0.1, -0.05) is 24.3 Å². The van der Waals surface area contributed by atoms with Crippen molar-refractivity contribution in [2.75, 3.05) is 5.32 Å². The maximum Gasteiger partial charge on any atom is 0.258 e. The van der Waals surface area contributed by atoms with E-state index in [-0.39, 0.29) is 11.5 Å². The fourth-order valence-electron chi connectivity index (χ4n) is 2.51. The molecule has 1 amide bonds. The molecule has 116 valence electrons. The van der Waals surface area contributed by atoms with Crippen LogP contribution in [0.2, 0.25) is 0 Å². The summed E-state index contributed by atoms with van der Waals surface area (Å²) in [6.45, 7) is 1.98. The van der Waals surface area contributed by atoms with E-state index in [1.165, 1.54) is 4.57 Å². The minimum atomic E-state index is -0.249. The van der Waals surface area contributed by atoms with E-state index in [2.05, 4.69) is 21.2 Å². The molecule has 1 aromatic heterocycles. The Morgan fingerprint density at radius 1 is 1.13 bits per heavy atom. The van der Waals surface area contributed by atoms with Crippen LogP contribution in [0.15, 0.2) is 57.9 Å². The van der Waals surface area contributed by atoms with Crippen molar-refractivity contribution >= 4 is 38.3 Å². The van der Waals surface area contributed by atoms with E-state index in [1.807, 2.05) is 31.2 Å². The summed E-state index contributed by atoms with van der Waals surface area (Å²) in [6.07, 6.45) is 1.57. The molecule has 23 heavy (non-hydrogen) atoms.